The zero-order valence-electron chi connectivity index (χ0n) is 16.7. The lowest BCUT2D eigenvalue weighted by Gasteiger charge is -1.93. The van der Waals surface area contributed by atoms with Crippen LogP contribution in [0.3, 0.4) is 0 Å². The zero-order valence-corrected chi connectivity index (χ0v) is 16.7. The van der Waals surface area contributed by atoms with Crippen molar-refractivity contribution in [3.05, 3.63) is 72.9 Å². The topological polar surface area (TPSA) is 0 Å². The second kappa shape index (κ2) is 22.4. The quantitative estimate of drug-likeness (QED) is 0.195. The van der Waals surface area contributed by atoms with Crippen LogP contribution in [0.5, 0.6) is 0 Å². The van der Waals surface area contributed by atoms with Gasteiger partial charge in [-0.3, -0.25) is 0 Å². The third-order valence-electron chi connectivity index (χ3n) is 3.82. The van der Waals surface area contributed by atoms with Gasteiger partial charge in [-0.2, -0.15) is 0 Å². The molecule has 0 rings (SSSR count). The Labute approximate surface area is 157 Å². The molecule has 0 atom stereocenters. The molecule has 140 valence electrons. The van der Waals surface area contributed by atoms with Crippen molar-refractivity contribution >= 4 is 0 Å². The van der Waals surface area contributed by atoms with Crippen molar-refractivity contribution in [2.75, 3.05) is 0 Å². The fourth-order valence-electron chi connectivity index (χ4n) is 2.33. The summed E-state index contributed by atoms with van der Waals surface area (Å²) >= 11 is 0. The van der Waals surface area contributed by atoms with E-state index >= 15 is 0 Å². The SMILES string of the molecule is CC/C=C\C/C=C\C/C=C\C/C=C\C/C=C\C/C=C\CCCCCC. The number of allylic oxidation sites excluding steroid dienone is 12. The maximum Gasteiger partial charge on any atom is -0.0169 e. The Morgan fingerprint density at radius 2 is 0.800 bits per heavy atom. The first-order valence-electron chi connectivity index (χ1n) is 10.3. The second-order valence-electron chi connectivity index (χ2n) is 6.26. The lowest BCUT2D eigenvalue weighted by molar-refractivity contribution is 0.674. The smallest absolute Gasteiger partial charge is 0.0169 e. The van der Waals surface area contributed by atoms with Gasteiger partial charge in [0.2, 0.25) is 0 Å². The van der Waals surface area contributed by atoms with Gasteiger partial charge in [-0.1, -0.05) is 106 Å². The van der Waals surface area contributed by atoms with Crippen LogP contribution in [-0.2, 0) is 0 Å². The van der Waals surface area contributed by atoms with Gasteiger partial charge in [-0.15, -0.1) is 0 Å². The summed E-state index contributed by atoms with van der Waals surface area (Å²) < 4.78 is 0. The standard InChI is InChI=1S/C25H40/c1-3-5-7-9-11-13-15-17-19-21-23-25-24-22-20-18-16-14-12-10-8-6-4-2/h5,7,11,13-14,16-17,19-20,22-23,25H,3-4,6,8-10,12,15,18,21,24H2,1-2H3/b7-5-,13-11-,16-14-,19-17-,22-20-,25-23-. The Balaban J connectivity index is 3.45. The van der Waals surface area contributed by atoms with Crippen molar-refractivity contribution in [2.24, 2.45) is 0 Å². The molecule has 0 heteroatoms. The van der Waals surface area contributed by atoms with Crippen LogP contribution >= 0.6 is 0 Å². The van der Waals surface area contributed by atoms with E-state index in [0.717, 1.165) is 38.5 Å². The van der Waals surface area contributed by atoms with Gasteiger partial charge in [0.25, 0.3) is 0 Å². The minimum atomic E-state index is 1.04. The molecule has 0 radical (unpaired) electrons. The van der Waals surface area contributed by atoms with E-state index in [-0.39, 0.29) is 0 Å². The molecule has 0 fully saturated rings. The summed E-state index contributed by atoms with van der Waals surface area (Å²) in [4.78, 5) is 0. The monoisotopic (exact) mass is 340 g/mol. The van der Waals surface area contributed by atoms with E-state index in [1.807, 2.05) is 0 Å². The van der Waals surface area contributed by atoms with Crippen LogP contribution in [0.25, 0.3) is 0 Å². The number of hydrogen-bond acceptors (Lipinski definition) is 0. The number of rotatable bonds is 16. The van der Waals surface area contributed by atoms with E-state index < -0.39 is 0 Å². The first-order chi connectivity index (χ1) is 12.4. The fourth-order valence-corrected chi connectivity index (χ4v) is 2.33. The molecule has 0 aromatic carbocycles. The largest absolute Gasteiger partial charge is 0.0885 e. The molecule has 0 amide bonds. The molecule has 0 saturated carbocycles. The van der Waals surface area contributed by atoms with Crippen molar-refractivity contribution in [1.29, 1.82) is 0 Å². The molecule has 0 saturated heterocycles. The molecule has 0 aliphatic rings. The molecule has 0 bridgehead atoms. The average molecular weight is 341 g/mol. The summed E-state index contributed by atoms with van der Waals surface area (Å²) in [5.74, 6) is 0. The Hall–Kier alpha value is -1.56. The van der Waals surface area contributed by atoms with E-state index in [2.05, 4.69) is 86.8 Å². The lowest BCUT2D eigenvalue weighted by Crippen LogP contribution is -1.73. The summed E-state index contributed by atoms with van der Waals surface area (Å²) in [5.41, 5.74) is 0. The van der Waals surface area contributed by atoms with E-state index in [1.54, 1.807) is 0 Å². The Kier molecular flexibility index (Phi) is 21.0. The predicted octanol–water partition coefficient (Wildman–Crippen LogP) is 8.65. The third kappa shape index (κ3) is 22.4. The zero-order chi connectivity index (χ0) is 18.3. The molecule has 0 spiro atoms. The maximum absolute atomic E-state index is 2.33. The van der Waals surface area contributed by atoms with Gasteiger partial charge in [0, 0.05) is 0 Å². The normalized spacial score (nSPS) is 13.2. The average Bonchev–Trinajstić information content (AvgIpc) is 2.63. The first-order valence-corrected chi connectivity index (χ1v) is 10.3. The van der Waals surface area contributed by atoms with E-state index in [4.69, 9.17) is 0 Å². The summed E-state index contributed by atoms with van der Waals surface area (Å²) in [5, 5.41) is 0. The minimum Gasteiger partial charge on any atom is -0.0885 e. The van der Waals surface area contributed by atoms with Crippen LogP contribution < -0.4 is 0 Å². The van der Waals surface area contributed by atoms with Gasteiger partial charge in [0.05, 0.1) is 0 Å². The maximum atomic E-state index is 2.33. The Morgan fingerprint density at radius 1 is 0.400 bits per heavy atom. The van der Waals surface area contributed by atoms with Gasteiger partial charge in [0.15, 0.2) is 0 Å². The summed E-state index contributed by atoms with van der Waals surface area (Å²) in [7, 11) is 0. The highest BCUT2D eigenvalue weighted by Gasteiger charge is 1.83. The second-order valence-corrected chi connectivity index (χ2v) is 6.26. The predicted molar refractivity (Wildman–Crippen MR) is 117 cm³/mol. The Bertz CT molecular complexity index is 415. The van der Waals surface area contributed by atoms with Gasteiger partial charge in [-0.05, 0) is 51.4 Å². The van der Waals surface area contributed by atoms with Crippen LogP contribution in [-0.4, -0.2) is 0 Å². The van der Waals surface area contributed by atoms with Crippen LogP contribution in [0.4, 0.5) is 0 Å². The van der Waals surface area contributed by atoms with Crippen LogP contribution in [0, 0.1) is 0 Å². The molecular weight excluding hydrogens is 300 g/mol. The summed E-state index contributed by atoms with van der Waals surface area (Å²) in [6.45, 7) is 4.43. The molecule has 0 aromatic rings. The van der Waals surface area contributed by atoms with E-state index in [9.17, 15) is 0 Å². The molecular formula is C25H40. The molecule has 0 N–H and O–H groups in total. The van der Waals surface area contributed by atoms with Crippen LogP contribution in [0.15, 0.2) is 72.9 Å². The highest BCUT2D eigenvalue weighted by atomic mass is 13.9. The third-order valence-corrected chi connectivity index (χ3v) is 3.82. The molecule has 0 unspecified atom stereocenters. The highest BCUT2D eigenvalue weighted by molar-refractivity contribution is 5.01. The van der Waals surface area contributed by atoms with Gasteiger partial charge >= 0.3 is 0 Å². The minimum absolute atomic E-state index is 1.04. The van der Waals surface area contributed by atoms with E-state index in [0.29, 0.717) is 0 Å². The van der Waals surface area contributed by atoms with Crippen molar-refractivity contribution in [1.82, 2.24) is 0 Å². The van der Waals surface area contributed by atoms with Crippen molar-refractivity contribution in [2.45, 2.75) is 84.5 Å². The number of hydrogen-bond donors (Lipinski definition) is 0. The molecule has 0 aliphatic carbocycles. The van der Waals surface area contributed by atoms with Crippen molar-refractivity contribution in [3.8, 4) is 0 Å². The molecule has 0 heterocycles. The molecule has 25 heavy (non-hydrogen) atoms. The first kappa shape index (κ1) is 23.4. The molecule has 0 aromatic heterocycles. The molecule has 0 nitrogen and oxygen atoms in total. The van der Waals surface area contributed by atoms with Crippen molar-refractivity contribution < 1.29 is 0 Å². The van der Waals surface area contributed by atoms with Crippen LogP contribution in [0.1, 0.15) is 84.5 Å². The molecule has 0 aliphatic heterocycles. The fraction of sp³-hybridized carbons (Fsp3) is 0.520. The van der Waals surface area contributed by atoms with Gasteiger partial charge in [0.1, 0.15) is 0 Å². The summed E-state index contributed by atoms with van der Waals surface area (Å²) in [6, 6.07) is 0. The number of unbranched alkanes of at least 4 members (excludes halogenated alkanes) is 4. The summed E-state index contributed by atoms with van der Waals surface area (Å²) in [6.07, 6.45) is 40.1. The van der Waals surface area contributed by atoms with Crippen molar-refractivity contribution in [3.63, 3.8) is 0 Å². The van der Waals surface area contributed by atoms with Gasteiger partial charge in [-0.25, -0.2) is 0 Å². The van der Waals surface area contributed by atoms with E-state index in [1.165, 1.54) is 32.1 Å². The highest BCUT2D eigenvalue weighted by Crippen LogP contribution is 2.03. The van der Waals surface area contributed by atoms with Gasteiger partial charge < -0.3 is 0 Å². The lowest BCUT2D eigenvalue weighted by atomic mass is 10.1. The Morgan fingerprint density at radius 3 is 1.20 bits per heavy atom. The van der Waals surface area contributed by atoms with Crippen LogP contribution in [0.2, 0.25) is 0 Å².